The summed E-state index contributed by atoms with van der Waals surface area (Å²) in [6.07, 6.45) is 4.81. The number of carbonyl (C=O) groups excluding carboxylic acids is 1. The predicted molar refractivity (Wildman–Crippen MR) is 133 cm³/mol. The average molecular weight is 449 g/mol. The van der Waals surface area contributed by atoms with Gasteiger partial charge in [-0.3, -0.25) is 4.79 Å². The SMILES string of the molecule is CC1=C2CCCC[C@]2(C)C[C@H](O[Si](OC(C)(C)C)(c2ccccc2)c2ccccc2)C1=O. The third-order valence-electron chi connectivity index (χ3n) is 6.95. The van der Waals surface area contributed by atoms with Gasteiger partial charge in [0.15, 0.2) is 5.78 Å². The van der Waals surface area contributed by atoms with Crippen molar-refractivity contribution < 1.29 is 13.6 Å². The fraction of sp³-hybridized carbons (Fsp3) is 0.464. The van der Waals surface area contributed by atoms with E-state index in [1.54, 1.807) is 0 Å². The van der Waals surface area contributed by atoms with Crippen LogP contribution in [0.5, 0.6) is 0 Å². The average Bonchev–Trinajstić information content (AvgIpc) is 2.77. The normalized spacial score (nSPS) is 24.4. The number of hydrogen-bond acceptors (Lipinski definition) is 3. The second kappa shape index (κ2) is 8.73. The fourth-order valence-corrected chi connectivity index (χ4v) is 9.12. The van der Waals surface area contributed by atoms with Gasteiger partial charge in [-0.2, -0.15) is 0 Å². The van der Waals surface area contributed by atoms with Crippen LogP contribution in [0.4, 0.5) is 0 Å². The monoisotopic (exact) mass is 448 g/mol. The van der Waals surface area contributed by atoms with Gasteiger partial charge in [-0.15, -0.1) is 0 Å². The minimum absolute atomic E-state index is 0.0379. The first-order chi connectivity index (χ1) is 15.1. The van der Waals surface area contributed by atoms with Gasteiger partial charge in [0.2, 0.25) is 0 Å². The highest BCUT2D eigenvalue weighted by atomic mass is 28.4. The number of benzene rings is 2. The summed E-state index contributed by atoms with van der Waals surface area (Å²) in [6.45, 7) is 10.5. The smallest absolute Gasteiger partial charge is 0.383 e. The Morgan fingerprint density at radius 3 is 2.03 bits per heavy atom. The van der Waals surface area contributed by atoms with E-state index in [0.29, 0.717) is 0 Å². The number of ketones is 1. The summed E-state index contributed by atoms with van der Waals surface area (Å²) in [5.41, 5.74) is 1.89. The lowest BCUT2D eigenvalue weighted by molar-refractivity contribution is -0.126. The molecule has 0 N–H and O–H groups in total. The summed E-state index contributed by atoms with van der Waals surface area (Å²) in [7, 11) is -3.17. The standard InChI is InChI=1S/C28H36O3Si/c1-21-24-18-12-13-19-28(24,5)20-25(26(21)29)30-32(31-27(2,3)4,22-14-8-6-9-15-22)23-16-10-7-11-17-23/h6-11,14-17,25H,12-13,18-20H2,1-5H3/t25-,28+/m0/s1. The Labute approximate surface area is 194 Å². The van der Waals surface area contributed by atoms with Crippen LogP contribution in [0.2, 0.25) is 0 Å². The van der Waals surface area contributed by atoms with Gasteiger partial charge in [-0.25, -0.2) is 0 Å². The van der Waals surface area contributed by atoms with Crippen LogP contribution in [-0.4, -0.2) is 26.0 Å². The van der Waals surface area contributed by atoms with Gasteiger partial charge >= 0.3 is 8.56 Å². The first kappa shape index (κ1) is 23.2. The third-order valence-corrected chi connectivity index (χ3v) is 10.7. The Morgan fingerprint density at radius 2 is 1.50 bits per heavy atom. The summed E-state index contributed by atoms with van der Waals surface area (Å²) in [4.78, 5) is 13.6. The van der Waals surface area contributed by atoms with Gasteiger partial charge in [-0.1, -0.05) is 79.6 Å². The maximum absolute atomic E-state index is 13.6. The van der Waals surface area contributed by atoms with Crippen molar-refractivity contribution in [2.75, 3.05) is 0 Å². The number of carbonyl (C=O) groups is 1. The van der Waals surface area contributed by atoms with Gasteiger partial charge < -0.3 is 8.85 Å². The van der Waals surface area contributed by atoms with Crippen LogP contribution in [0.15, 0.2) is 71.8 Å². The van der Waals surface area contributed by atoms with Crippen LogP contribution in [0.3, 0.4) is 0 Å². The summed E-state index contributed by atoms with van der Waals surface area (Å²) in [5.74, 6) is 0.139. The maximum Gasteiger partial charge on any atom is 0.408 e. The lowest BCUT2D eigenvalue weighted by Crippen LogP contribution is -2.68. The van der Waals surface area contributed by atoms with E-state index in [9.17, 15) is 4.79 Å². The van der Waals surface area contributed by atoms with E-state index < -0.39 is 20.3 Å². The highest BCUT2D eigenvalue weighted by Gasteiger charge is 2.51. The molecule has 1 fully saturated rings. The summed E-state index contributed by atoms with van der Waals surface area (Å²) in [5, 5.41) is 2.07. The molecule has 1 saturated carbocycles. The van der Waals surface area contributed by atoms with Crippen LogP contribution in [0, 0.1) is 5.41 Å². The molecule has 3 nitrogen and oxygen atoms in total. The van der Waals surface area contributed by atoms with E-state index in [0.717, 1.165) is 35.2 Å². The van der Waals surface area contributed by atoms with Crippen LogP contribution < -0.4 is 10.4 Å². The molecule has 0 unspecified atom stereocenters. The van der Waals surface area contributed by atoms with Crippen molar-refractivity contribution in [3.05, 3.63) is 71.8 Å². The zero-order valence-corrected chi connectivity index (χ0v) is 21.1. The highest BCUT2D eigenvalue weighted by molar-refractivity contribution is 6.92. The summed E-state index contributed by atoms with van der Waals surface area (Å²) < 4.78 is 14.0. The van der Waals surface area contributed by atoms with Crippen LogP contribution >= 0.6 is 0 Å². The lowest BCUT2D eigenvalue weighted by Gasteiger charge is -2.46. The van der Waals surface area contributed by atoms with Gasteiger partial charge in [0.25, 0.3) is 0 Å². The molecule has 2 aromatic carbocycles. The van der Waals surface area contributed by atoms with Crippen LogP contribution in [0.1, 0.15) is 66.7 Å². The van der Waals surface area contributed by atoms with Gasteiger partial charge in [0.05, 0.1) is 5.60 Å². The van der Waals surface area contributed by atoms with E-state index in [-0.39, 0.29) is 11.2 Å². The molecule has 32 heavy (non-hydrogen) atoms. The molecule has 0 aliphatic heterocycles. The van der Waals surface area contributed by atoms with Crippen LogP contribution in [0.25, 0.3) is 0 Å². The Morgan fingerprint density at radius 1 is 0.938 bits per heavy atom. The second-order valence-corrected chi connectivity index (χ2v) is 13.4. The molecule has 0 saturated heterocycles. The molecule has 4 heteroatoms. The Hall–Kier alpha value is -2.01. The molecule has 2 aliphatic carbocycles. The molecule has 0 aromatic heterocycles. The van der Waals surface area contributed by atoms with E-state index in [4.69, 9.17) is 8.85 Å². The van der Waals surface area contributed by atoms with Crippen molar-refractivity contribution in [3.8, 4) is 0 Å². The number of allylic oxidation sites excluding steroid dienone is 1. The quantitative estimate of drug-likeness (QED) is 0.581. The van der Waals surface area contributed by atoms with Crippen LogP contribution in [-0.2, 0) is 13.6 Å². The zero-order valence-electron chi connectivity index (χ0n) is 20.1. The highest BCUT2D eigenvalue weighted by Crippen LogP contribution is 2.49. The van der Waals surface area contributed by atoms with Gasteiger partial charge in [-0.05, 0) is 74.7 Å². The number of Topliss-reactive ketones (excluding diaryl/α,β-unsaturated/α-hetero) is 1. The zero-order chi connectivity index (χ0) is 23.0. The molecular weight excluding hydrogens is 412 g/mol. The van der Waals surface area contributed by atoms with E-state index >= 15 is 0 Å². The molecule has 0 spiro atoms. The topological polar surface area (TPSA) is 35.5 Å². The first-order valence-corrected chi connectivity index (χ1v) is 13.7. The molecule has 0 heterocycles. The molecule has 4 rings (SSSR count). The molecule has 0 bridgehead atoms. The van der Waals surface area contributed by atoms with Gasteiger partial charge in [0, 0.05) is 0 Å². The van der Waals surface area contributed by atoms with E-state index in [1.807, 2.05) is 43.3 Å². The Kier molecular flexibility index (Phi) is 6.32. The molecule has 170 valence electrons. The summed E-state index contributed by atoms with van der Waals surface area (Å²) in [6, 6.07) is 20.5. The molecule has 2 aromatic rings. The molecule has 0 radical (unpaired) electrons. The molecule has 0 amide bonds. The summed E-state index contributed by atoms with van der Waals surface area (Å²) >= 11 is 0. The fourth-order valence-electron chi connectivity index (χ4n) is 5.51. The van der Waals surface area contributed by atoms with Crippen molar-refractivity contribution in [2.45, 2.75) is 78.4 Å². The molecule has 2 aliphatic rings. The third kappa shape index (κ3) is 4.41. The van der Waals surface area contributed by atoms with Crippen molar-refractivity contribution in [1.29, 1.82) is 0 Å². The number of fused-ring (bicyclic) bond motifs is 1. The first-order valence-electron chi connectivity index (χ1n) is 11.9. The van der Waals surface area contributed by atoms with Crippen molar-refractivity contribution in [1.82, 2.24) is 0 Å². The molecule has 2 atom stereocenters. The number of rotatable bonds is 5. The molecular formula is C28H36O3Si. The Balaban J connectivity index is 1.84. The maximum atomic E-state index is 13.6. The van der Waals surface area contributed by atoms with E-state index in [2.05, 4.69) is 52.0 Å². The largest absolute Gasteiger partial charge is 0.408 e. The van der Waals surface area contributed by atoms with Crippen molar-refractivity contribution in [2.24, 2.45) is 5.41 Å². The second-order valence-electron chi connectivity index (χ2n) is 10.6. The van der Waals surface area contributed by atoms with Crippen molar-refractivity contribution >= 4 is 24.7 Å². The Bertz CT molecular complexity index is 951. The number of hydrogen-bond donors (Lipinski definition) is 0. The minimum atomic E-state index is -3.17. The van der Waals surface area contributed by atoms with E-state index in [1.165, 1.54) is 18.4 Å². The lowest BCUT2D eigenvalue weighted by atomic mass is 9.63. The minimum Gasteiger partial charge on any atom is -0.383 e. The van der Waals surface area contributed by atoms with Crippen molar-refractivity contribution in [3.63, 3.8) is 0 Å². The predicted octanol–water partition coefficient (Wildman–Crippen LogP) is 5.31. The van der Waals surface area contributed by atoms with Gasteiger partial charge in [0.1, 0.15) is 6.10 Å².